The van der Waals surface area contributed by atoms with E-state index in [-0.39, 0.29) is 13.1 Å². The lowest BCUT2D eigenvalue weighted by Crippen LogP contribution is -2.47. The molecule has 6 N–H and O–H groups in total. The smallest absolute Gasteiger partial charge is 0.252 e. The van der Waals surface area contributed by atoms with Crippen LogP contribution in [0.1, 0.15) is 0 Å². The third-order valence-electron chi connectivity index (χ3n) is 4.20. The number of rotatable bonds is 0. The monoisotopic (exact) mass is 318 g/mol. The minimum Gasteiger partial charge on any atom is -0.388 e. The van der Waals surface area contributed by atoms with Crippen molar-refractivity contribution in [3.8, 4) is 0 Å². The number of hydrogen-bond donors (Lipinski definition) is 6. The van der Waals surface area contributed by atoms with E-state index in [0.29, 0.717) is 0 Å². The van der Waals surface area contributed by atoms with Crippen molar-refractivity contribution >= 4 is 11.8 Å². The minimum atomic E-state index is -1.42. The van der Waals surface area contributed by atoms with Gasteiger partial charge >= 0.3 is 0 Å². The van der Waals surface area contributed by atoms with Gasteiger partial charge in [0.15, 0.2) is 12.2 Å². The molecular weight excluding hydrogens is 300 g/mol. The molecular formula is C12H18N2O8. The fraction of sp³-hybridized carbons (Fsp3) is 0.833. The number of nitrogens with one attached hydrogen (secondary N) is 2. The predicted molar refractivity (Wildman–Crippen MR) is 67.4 cm³/mol. The molecule has 22 heavy (non-hydrogen) atoms. The highest BCUT2D eigenvalue weighted by Gasteiger charge is 2.50. The van der Waals surface area contributed by atoms with Crippen LogP contribution in [0.4, 0.5) is 0 Å². The average molecular weight is 318 g/mol. The lowest BCUT2D eigenvalue weighted by molar-refractivity contribution is -0.140. The van der Waals surface area contributed by atoms with E-state index in [9.17, 15) is 30.0 Å². The van der Waals surface area contributed by atoms with E-state index in [4.69, 9.17) is 9.47 Å². The summed E-state index contributed by atoms with van der Waals surface area (Å²) in [5.74, 6) is -1.34. The Morgan fingerprint density at radius 1 is 0.727 bits per heavy atom. The molecule has 0 radical (unpaired) electrons. The zero-order chi connectivity index (χ0) is 16.0. The van der Waals surface area contributed by atoms with Gasteiger partial charge in [-0.2, -0.15) is 0 Å². The Morgan fingerprint density at radius 2 is 1.09 bits per heavy atom. The van der Waals surface area contributed by atoms with Gasteiger partial charge in [-0.05, 0) is 0 Å². The molecule has 0 spiro atoms. The van der Waals surface area contributed by atoms with Crippen LogP contribution in [0.3, 0.4) is 0 Å². The molecule has 0 unspecified atom stereocenters. The average Bonchev–Trinajstić information content (AvgIpc) is 2.94. The van der Waals surface area contributed by atoms with Crippen molar-refractivity contribution in [2.75, 3.05) is 13.1 Å². The molecule has 0 aromatic rings. The Bertz CT molecular complexity index is 432. The second-order valence-corrected chi connectivity index (χ2v) is 5.64. The van der Waals surface area contributed by atoms with Crippen LogP contribution in [0, 0.1) is 0 Å². The normalized spacial score (nSPS) is 49.1. The fourth-order valence-corrected chi connectivity index (χ4v) is 2.87. The molecule has 3 heterocycles. The summed E-state index contributed by atoms with van der Waals surface area (Å²) in [5.41, 5.74) is 0. The lowest BCUT2D eigenvalue weighted by atomic mass is 10.0. The van der Waals surface area contributed by atoms with Crippen LogP contribution < -0.4 is 10.6 Å². The molecule has 3 aliphatic heterocycles. The molecule has 8 atom stereocenters. The molecule has 0 saturated carbocycles. The van der Waals surface area contributed by atoms with Crippen molar-refractivity contribution in [3.05, 3.63) is 0 Å². The van der Waals surface area contributed by atoms with Crippen LogP contribution in [0.15, 0.2) is 0 Å². The molecule has 10 nitrogen and oxygen atoms in total. The van der Waals surface area contributed by atoms with Crippen molar-refractivity contribution in [2.24, 2.45) is 0 Å². The van der Waals surface area contributed by atoms with Crippen molar-refractivity contribution in [3.63, 3.8) is 0 Å². The molecule has 0 aliphatic carbocycles. The number of aliphatic hydroxyl groups excluding tert-OH is 4. The molecule has 3 aliphatic rings. The second-order valence-electron chi connectivity index (χ2n) is 5.64. The Morgan fingerprint density at radius 3 is 1.45 bits per heavy atom. The summed E-state index contributed by atoms with van der Waals surface area (Å²) < 4.78 is 10.5. The van der Waals surface area contributed by atoms with Crippen molar-refractivity contribution in [2.45, 2.75) is 48.8 Å². The molecule has 0 aromatic heterocycles. The first kappa shape index (κ1) is 15.6. The summed E-state index contributed by atoms with van der Waals surface area (Å²) in [6, 6.07) is 0. The molecule has 2 amide bonds. The zero-order valence-corrected chi connectivity index (χ0v) is 11.5. The molecule has 3 saturated heterocycles. The molecule has 3 rings (SSSR count). The number of hydrogen-bond acceptors (Lipinski definition) is 8. The van der Waals surface area contributed by atoms with Crippen molar-refractivity contribution in [1.29, 1.82) is 0 Å². The third-order valence-corrected chi connectivity index (χ3v) is 4.20. The van der Waals surface area contributed by atoms with E-state index in [1.54, 1.807) is 0 Å². The number of amides is 2. The van der Waals surface area contributed by atoms with Crippen molar-refractivity contribution in [1.82, 2.24) is 10.6 Å². The lowest BCUT2D eigenvalue weighted by Gasteiger charge is -2.20. The first-order valence-corrected chi connectivity index (χ1v) is 6.98. The number of aliphatic hydroxyl groups is 4. The van der Waals surface area contributed by atoms with E-state index >= 15 is 0 Å². The van der Waals surface area contributed by atoms with Gasteiger partial charge in [-0.25, -0.2) is 0 Å². The SMILES string of the molecule is O=C1NC[C@H]2O[C@@H](C(=O)NC[C@H]3O[C@@H]1[C@@H](O)[C@H]3O)[C@@H](O)[C@H]2O. The van der Waals surface area contributed by atoms with E-state index in [2.05, 4.69) is 10.6 Å². The van der Waals surface area contributed by atoms with Gasteiger partial charge in [0.2, 0.25) is 0 Å². The first-order valence-electron chi connectivity index (χ1n) is 6.98. The standard InChI is InChI=1S/C12H18N2O8/c15-5-3-1-13-11(19)9-8(18)6(16)4(22-9)2-14-12(20)10(21-3)7(5)17/h3-10,15-18H,1-2H2,(H,13,19)(H,14,20)/t3-,4-,5+,6+,7+,8+,9-,10-/m1/s1. The maximum atomic E-state index is 12.0. The summed E-state index contributed by atoms with van der Waals surface area (Å²) in [5, 5.41) is 44.2. The first-order chi connectivity index (χ1) is 10.4. The summed E-state index contributed by atoms with van der Waals surface area (Å²) in [4.78, 5) is 24.0. The van der Waals surface area contributed by atoms with Gasteiger partial charge in [-0.1, -0.05) is 0 Å². The predicted octanol–water partition coefficient (Wildman–Crippen LogP) is -4.79. The summed E-state index contributed by atoms with van der Waals surface area (Å²) >= 11 is 0. The molecule has 4 bridgehead atoms. The van der Waals surface area contributed by atoms with Gasteiger partial charge in [0.25, 0.3) is 11.8 Å². The van der Waals surface area contributed by atoms with Crippen LogP contribution in [0.25, 0.3) is 0 Å². The Hall–Kier alpha value is -1.30. The maximum Gasteiger partial charge on any atom is 0.252 e. The number of carbonyl (C=O) groups excluding carboxylic acids is 2. The fourth-order valence-electron chi connectivity index (χ4n) is 2.87. The Balaban J connectivity index is 1.81. The molecule has 10 heteroatoms. The van der Waals surface area contributed by atoms with Gasteiger partial charge in [0.1, 0.15) is 36.6 Å². The zero-order valence-electron chi connectivity index (χ0n) is 11.5. The minimum absolute atomic E-state index is 0.172. The van der Waals surface area contributed by atoms with Crippen LogP contribution >= 0.6 is 0 Å². The Kier molecular flexibility index (Phi) is 4.05. The summed E-state index contributed by atoms with van der Waals surface area (Å²) in [6.07, 6.45) is -9.99. The molecule has 3 fully saturated rings. The third kappa shape index (κ3) is 2.47. The molecule has 0 aromatic carbocycles. The van der Waals surface area contributed by atoms with Crippen LogP contribution in [0.5, 0.6) is 0 Å². The maximum absolute atomic E-state index is 12.0. The van der Waals surface area contributed by atoms with Crippen LogP contribution in [-0.2, 0) is 19.1 Å². The van der Waals surface area contributed by atoms with E-state index < -0.39 is 60.6 Å². The van der Waals surface area contributed by atoms with E-state index in [1.807, 2.05) is 0 Å². The molecule has 124 valence electrons. The number of fused-ring (bicyclic) bond motifs is 4. The highest BCUT2D eigenvalue weighted by molar-refractivity contribution is 5.83. The van der Waals surface area contributed by atoms with Gasteiger partial charge < -0.3 is 40.5 Å². The quantitative estimate of drug-likeness (QED) is 0.260. The summed E-state index contributed by atoms with van der Waals surface area (Å²) in [6.45, 7) is -0.345. The largest absolute Gasteiger partial charge is 0.388 e. The Labute approximate surface area is 125 Å². The number of ether oxygens (including phenoxy) is 2. The van der Waals surface area contributed by atoms with Crippen molar-refractivity contribution < 1.29 is 39.5 Å². The topological polar surface area (TPSA) is 158 Å². The van der Waals surface area contributed by atoms with Gasteiger partial charge in [-0.15, -0.1) is 0 Å². The van der Waals surface area contributed by atoms with Gasteiger partial charge in [0.05, 0.1) is 0 Å². The van der Waals surface area contributed by atoms with E-state index in [0.717, 1.165) is 0 Å². The number of carbonyl (C=O) groups is 2. The summed E-state index contributed by atoms with van der Waals surface area (Å²) in [7, 11) is 0. The van der Waals surface area contributed by atoms with Crippen LogP contribution in [0.2, 0.25) is 0 Å². The van der Waals surface area contributed by atoms with Gasteiger partial charge in [0, 0.05) is 13.1 Å². The van der Waals surface area contributed by atoms with E-state index in [1.165, 1.54) is 0 Å². The van der Waals surface area contributed by atoms with Gasteiger partial charge in [-0.3, -0.25) is 9.59 Å². The highest BCUT2D eigenvalue weighted by Crippen LogP contribution is 2.24. The highest BCUT2D eigenvalue weighted by atomic mass is 16.6. The second kappa shape index (κ2) is 5.72. The van der Waals surface area contributed by atoms with Crippen LogP contribution in [-0.4, -0.2) is 94.2 Å².